The molecule has 0 bridgehead atoms. The van der Waals surface area contributed by atoms with Gasteiger partial charge in [0, 0.05) is 12.4 Å². The lowest BCUT2D eigenvalue weighted by Gasteiger charge is -1.91. The Balaban J connectivity index is 3.13. The first-order valence-electron chi connectivity index (χ1n) is 2.67. The fraction of sp³-hybridized carbons (Fsp3) is 0. The average Bonchev–Trinajstić information content (AvgIpc) is 2.05. The molecule has 0 spiro atoms. The molecule has 0 amide bonds. The maximum atomic E-state index is 10.6. The Labute approximate surface area is 70.6 Å². The fourth-order valence-corrected chi connectivity index (χ4v) is 1.18. The highest BCUT2D eigenvalue weighted by molar-refractivity contribution is 8.08. The molecule has 0 aliphatic carbocycles. The van der Waals surface area contributed by atoms with Crippen LogP contribution < -0.4 is 0 Å². The van der Waals surface area contributed by atoms with Gasteiger partial charge in [0.15, 0.2) is 0 Å². The molecule has 1 unspecified atom stereocenters. The van der Waals surface area contributed by atoms with Gasteiger partial charge in [0.25, 0.3) is 0 Å². The lowest BCUT2D eigenvalue weighted by Crippen LogP contribution is -1.85. The predicted octanol–water partition coefficient (Wildman–Crippen LogP) is 1.21. The standard InChI is InChI=1S/C6H3ClN2OS/c7-11(10)6-1-5(2-8)3-9-4-6/h1,3-4H. The summed E-state index contributed by atoms with van der Waals surface area (Å²) in [4.78, 5) is 4.03. The van der Waals surface area contributed by atoms with E-state index in [1.807, 2.05) is 6.07 Å². The Bertz CT molecular complexity index is 334. The summed E-state index contributed by atoms with van der Waals surface area (Å²) in [6.07, 6.45) is 2.75. The molecule has 56 valence electrons. The Kier molecular flexibility index (Phi) is 2.58. The smallest absolute Gasteiger partial charge is 0.149 e. The van der Waals surface area contributed by atoms with Crippen LogP contribution in [0.3, 0.4) is 0 Å². The van der Waals surface area contributed by atoms with E-state index in [4.69, 9.17) is 15.9 Å². The molecule has 0 saturated carbocycles. The monoisotopic (exact) mass is 186 g/mol. The predicted molar refractivity (Wildman–Crippen MR) is 41.2 cm³/mol. The van der Waals surface area contributed by atoms with Crippen molar-refractivity contribution < 1.29 is 4.21 Å². The van der Waals surface area contributed by atoms with E-state index in [1.165, 1.54) is 18.5 Å². The molecule has 1 heterocycles. The molecule has 3 nitrogen and oxygen atoms in total. The summed E-state index contributed by atoms with van der Waals surface area (Å²) in [5.41, 5.74) is 0.358. The number of aromatic nitrogens is 1. The van der Waals surface area contributed by atoms with Crippen LogP contribution in [0.2, 0.25) is 0 Å². The third-order valence-corrected chi connectivity index (χ3v) is 2.16. The molecule has 0 aliphatic heterocycles. The Morgan fingerprint density at radius 3 is 2.91 bits per heavy atom. The fourth-order valence-electron chi connectivity index (χ4n) is 0.568. The molecule has 0 saturated heterocycles. The zero-order valence-corrected chi connectivity index (χ0v) is 6.89. The van der Waals surface area contributed by atoms with Gasteiger partial charge in [-0.3, -0.25) is 4.98 Å². The summed E-state index contributed by atoms with van der Waals surface area (Å²) in [6, 6.07) is 3.31. The van der Waals surface area contributed by atoms with Gasteiger partial charge in [-0.05, 0) is 16.7 Å². The largest absolute Gasteiger partial charge is 0.262 e. The quantitative estimate of drug-likeness (QED) is 0.620. The van der Waals surface area contributed by atoms with Crippen LogP contribution in [0, 0.1) is 11.3 Å². The van der Waals surface area contributed by atoms with Crippen LogP contribution in [0.25, 0.3) is 0 Å². The van der Waals surface area contributed by atoms with Crippen LogP contribution in [0.5, 0.6) is 0 Å². The van der Waals surface area contributed by atoms with Gasteiger partial charge in [0.1, 0.15) is 16.1 Å². The van der Waals surface area contributed by atoms with E-state index in [0.29, 0.717) is 10.5 Å². The zero-order valence-electron chi connectivity index (χ0n) is 5.32. The van der Waals surface area contributed by atoms with E-state index < -0.39 is 10.0 Å². The van der Waals surface area contributed by atoms with Crippen molar-refractivity contribution in [3.8, 4) is 6.07 Å². The van der Waals surface area contributed by atoms with E-state index in [1.54, 1.807) is 0 Å². The van der Waals surface area contributed by atoms with Gasteiger partial charge in [0.2, 0.25) is 0 Å². The summed E-state index contributed by atoms with van der Waals surface area (Å²) in [7, 11) is 3.67. The second-order valence-corrected chi connectivity index (χ2v) is 3.50. The van der Waals surface area contributed by atoms with Crippen molar-refractivity contribution in [2.24, 2.45) is 0 Å². The van der Waals surface area contributed by atoms with Crippen molar-refractivity contribution >= 4 is 20.7 Å². The van der Waals surface area contributed by atoms with E-state index in [0.717, 1.165) is 0 Å². The van der Waals surface area contributed by atoms with Crippen LogP contribution in [-0.2, 0) is 10.0 Å². The Hall–Kier alpha value is -0.920. The molecule has 11 heavy (non-hydrogen) atoms. The van der Waals surface area contributed by atoms with Crippen molar-refractivity contribution in [3.63, 3.8) is 0 Å². The highest BCUT2D eigenvalue weighted by Crippen LogP contribution is 2.09. The number of hydrogen-bond donors (Lipinski definition) is 0. The molecule has 5 heteroatoms. The van der Waals surface area contributed by atoms with E-state index in [9.17, 15) is 4.21 Å². The molecular weight excluding hydrogens is 184 g/mol. The summed E-state index contributed by atoms with van der Waals surface area (Å²) >= 11 is 0. The van der Waals surface area contributed by atoms with Crippen molar-refractivity contribution in [2.45, 2.75) is 4.90 Å². The van der Waals surface area contributed by atoms with Crippen molar-refractivity contribution in [1.29, 1.82) is 5.26 Å². The number of halogens is 1. The molecule has 1 rings (SSSR count). The molecule has 0 radical (unpaired) electrons. The lowest BCUT2D eigenvalue weighted by molar-refractivity contribution is 0.691. The lowest BCUT2D eigenvalue weighted by atomic mass is 10.3. The van der Waals surface area contributed by atoms with Gasteiger partial charge in [0.05, 0.1) is 10.5 Å². The summed E-state index contributed by atoms with van der Waals surface area (Å²) in [6.45, 7) is 0. The first-order valence-corrected chi connectivity index (χ1v) is 4.65. The van der Waals surface area contributed by atoms with Crippen LogP contribution in [0.1, 0.15) is 5.56 Å². The molecule has 0 aromatic carbocycles. The number of nitriles is 1. The maximum Gasteiger partial charge on any atom is 0.149 e. The second kappa shape index (κ2) is 3.46. The second-order valence-electron chi connectivity index (χ2n) is 1.74. The van der Waals surface area contributed by atoms with Crippen LogP contribution in [0.4, 0.5) is 0 Å². The molecule has 0 N–H and O–H groups in total. The van der Waals surface area contributed by atoms with Crippen molar-refractivity contribution in [2.75, 3.05) is 0 Å². The third kappa shape index (κ3) is 2.00. The molecule has 1 atom stereocenters. The minimum atomic E-state index is -1.58. The highest BCUT2D eigenvalue weighted by atomic mass is 35.7. The SMILES string of the molecule is N#Cc1cncc(S(=O)Cl)c1. The molecule has 1 aromatic rings. The van der Waals surface area contributed by atoms with E-state index in [2.05, 4.69) is 4.98 Å². The van der Waals surface area contributed by atoms with Crippen LogP contribution >= 0.6 is 10.7 Å². The molecular formula is C6H3ClN2OS. The Morgan fingerprint density at radius 2 is 2.36 bits per heavy atom. The minimum absolute atomic E-state index is 0.353. The summed E-state index contributed by atoms with van der Waals surface area (Å²) < 4.78 is 10.6. The van der Waals surface area contributed by atoms with E-state index in [-0.39, 0.29) is 0 Å². The van der Waals surface area contributed by atoms with Gasteiger partial charge in [-0.1, -0.05) is 0 Å². The topological polar surface area (TPSA) is 53.8 Å². The summed E-state index contributed by atoms with van der Waals surface area (Å²) in [5.74, 6) is 0. The molecule has 0 aliphatic rings. The van der Waals surface area contributed by atoms with Crippen molar-refractivity contribution in [3.05, 3.63) is 24.0 Å². The molecule has 1 aromatic heterocycles. The van der Waals surface area contributed by atoms with Crippen molar-refractivity contribution in [1.82, 2.24) is 4.98 Å². The first-order chi connectivity index (χ1) is 5.24. The van der Waals surface area contributed by atoms with Crippen LogP contribution in [0.15, 0.2) is 23.4 Å². The zero-order chi connectivity index (χ0) is 8.27. The number of nitrogens with zero attached hydrogens (tertiary/aromatic N) is 2. The number of rotatable bonds is 1. The third-order valence-electron chi connectivity index (χ3n) is 1.03. The van der Waals surface area contributed by atoms with Gasteiger partial charge in [-0.25, -0.2) is 4.21 Å². The minimum Gasteiger partial charge on any atom is -0.262 e. The van der Waals surface area contributed by atoms with Gasteiger partial charge in [-0.2, -0.15) is 5.26 Å². The van der Waals surface area contributed by atoms with Gasteiger partial charge < -0.3 is 0 Å². The van der Waals surface area contributed by atoms with Gasteiger partial charge >= 0.3 is 0 Å². The average molecular weight is 187 g/mol. The molecule has 0 fully saturated rings. The summed E-state index contributed by atoms with van der Waals surface area (Å²) in [5, 5.41) is 8.41. The normalized spacial score (nSPS) is 12.0. The maximum absolute atomic E-state index is 10.6. The number of pyridine rings is 1. The number of hydrogen-bond acceptors (Lipinski definition) is 3. The Morgan fingerprint density at radius 1 is 1.64 bits per heavy atom. The van der Waals surface area contributed by atoms with E-state index >= 15 is 0 Å². The first kappa shape index (κ1) is 8.18. The highest BCUT2D eigenvalue weighted by Gasteiger charge is 2.00. The van der Waals surface area contributed by atoms with Gasteiger partial charge in [-0.15, -0.1) is 0 Å². The van der Waals surface area contributed by atoms with Crippen LogP contribution in [-0.4, -0.2) is 9.19 Å².